The molecule has 3 N–H and O–H groups in total. The zero-order chi connectivity index (χ0) is 23.5. The number of H-pyrrole nitrogens is 1. The molecule has 0 radical (unpaired) electrons. The summed E-state index contributed by atoms with van der Waals surface area (Å²) in [6.45, 7) is 0.554. The molecule has 8 nitrogen and oxygen atoms in total. The lowest BCUT2D eigenvalue weighted by molar-refractivity contribution is -0.146. The Morgan fingerprint density at radius 2 is 2.00 bits per heavy atom. The predicted molar refractivity (Wildman–Crippen MR) is 123 cm³/mol. The fourth-order valence-corrected chi connectivity index (χ4v) is 4.67. The van der Waals surface area contributed by atoms with E-state index in [-0.39, 0.29) is 36.4 Å². The second-order valence-corrected chi connectivity index (χ2v) is 9.39. The number of Topliss-reactive ketones (excluding diaryl/α,β-unsaturated/α-hetero) is 1. The van der Waals surface area contributed by atoms with E-state index in [1.54, 1.807) is 18.2 Å². The van der Waals surface area contributed by atoms with Crippen LogP contribution < -0.4 is 10.6 Å². The van der Waals surface area contributed by atoms with Gasteiger partial charge in [-0.1, -0.05) is 30.5 Å². The van der Waals surface area contributed by atoms with Crippen LogP contribution in [0.2, 0.25) is 5.02 Å². The molecule has 1 aromatic heterocycles. The number of methoxy groups -OCH3 is 1. The predicted octanol–water partition coefficient (Wildman–Crippen LogP) is 2.99. The maximum atomic E-state index is 13.2. The number of amides is 2. The van der Waals surface area contributed by atoms with Crippen LogP contribution in [0.25, 0.3) is 10.9 Å². The van der Waals surface area contributed by atoms with Gasteiger partial charge in [-0.05, 0) is 43.4 Å². The molecule has 0 spiro atoms. The van der Waals surface area contributed by atoms with E-state index in [1.165, 1.54) is 7.11 Å². The van der Waals surface area contributed by atoms with Gasteiger partial charge in [0.25, 0.3) is 0 Å². The minimum absolute atomic E-state index is 0.0184. The molecule has 3 atom stereocenters. The Bertz CT molecular complexity index is 1080. The molecule has 1 saturated heterocycles. The topological polar surface area (TPSA) is 117 Å². The van der Waals surface area contributed by atoms with Crippen LogP contribution in [0.1, 0.15) is 49.0 Å². The molecule has 176 valence electrons. The third kappa shape index (κ3) is 5.55. The number of esters is 1. The van der Waals surface area contributed by atoms with E-state index < -0.39 is 17.9 Å². The van der Waals surface area contributed by atoms with E-state index in [0.29, 0.717) is 36.0 Å². The minimum atomic E-state index is -0.931. The van der Waals surface area contributed by atoms with E-state index in [9.17, 15) is 19.2 Å². The molecule has 2 aliphatic rings. The number of carbonyl (C=O) groups excluding carboxylic acids is 4. The summed E-state index contributed by atoms with van der Waals surface area (Å²) in [7, 11) is 1.25. The third-order valence-corrected chi connectivity index (χ3v) is 6.84. The second kappa shape index (κ2) is 9.95. The van der Waals surface area contributed by atoms with Crippen molar-refractivity contribution < 1.29 is 23.9 Å². The Balaban J connectivity index is 1.47. The van der Waals surface area contributed by atoms with Crippen molar-refractivity contribution >= 4 is 46.1 Å². The SMILES string of the molecule is COC(=O)[C@H](C[C@@H]1CCNC1=O)NC(=O)[C@@H](CC(=O)c1cc2c(Cl)cccc2[nH]1)CC1CC1. The summed E-state index contributed by atoms with van der Waals surface area (Å²) in [5.41, 5.74) is 1.16. The molecule has 1 aliphatic carbocycles. The van der Waals surface area contributed by atoms with E-state index in [4.69, 9.17) is 16.3 Å². The van der Waals surface area contributed by atoms with E-state index >= 15 is 0 Å². The Kier molecular flexibility index (Phi) is 7.02. The van der Waals surface area contributed by atoms with Crippen LogP contribution in [0, 0.1) is 17.8 Å². The maximum Gasteiger partial charge on any atom is 0.328 e. The summed E-state index contributed by atoms with van der Waals surface area (Å²) < 4.78 is 4.86. The lowest BCUT2D eigenvalue weighted by atomic mass is 9.92. The Hall–Kier alpha value is -2.87. The van der Waals surface area contributed by atoms with Crippen molar-refractivity contribution in [2.24, 2.45) is 17.8 Å². The highest BCUT2D eigenvalue weighted by molar-refractivity contribution is 6.35. The van der Waals surface area contributed by atoms with Gasteiger partial charge in [-0.3, -0.25) is 14.4 Å². The zero-order valence-electron chi connectivity index (χ0n) is 18.5. The van der Waals surface area contributed by atoms with Crippen molar-refractivity contribution in [2.75, 3.05) is 13.7 Å². The smallest absolute Gasteiger partial charge is 0.328 e. The average Bonchev–Trinajstić information content (AvgIpc) is 3.35. The zero-order valence-corrected chi connectivity index (χ0v) is 19.2. The number of ketones is 1. The van der Waals surface area contributed by atoms with Crippen LogP contribution >= 0.6 is 11.6 Å². The van der Waals surface area contributed by atoms with Gasteiger partial charge < -0.3 is 20.4 Å². The first-order valence-electron chi connectivity index (χ1n) is 11.3. The van der Waals surface area contributed by atoms with Crippen LogP contribution in [0.4, 0.5) is 0 Å². The summed E-state index contributed by atoms with van der Waals surface area (Å²) in [6, 6.07) is 6.18. The molecular weight excluding hydrogens is 446 g/mol. The van der Waals surface area contributed by atoms with Gasteiger partial charge in [0.05, 0.1) is 12.8 Å². The quantitative estimate of drug-likeness (QED) is 0.362. The van der Waals surface area contributed by atoms with Gasteiger partial charge in [-0.25, -0.2) is 4.79 Å². The van der Waals surface area contributed by atoms with Gasteiger partial charge in [0.2, 0.25) is 11.8 Å². The normalized spacial score (nSPS) is 19.7. The summed E-state index contributed by atoms with van der Waals surface area (Å²) in [4.78, 5) is 53.6. The largest absolute Gasteiger partial charge is 0.467 e. The molecule has 9 heteroatoms. The first kappa shape index (κ1) is 23.3. The molecule has 1 aliphatic heterocycles. The van der Waals surface area contributed by atoms with E-state index in [0.717, 1.165) is 23.7 Å². The van der Waals surface area contributed by atoms with Crippen LogP contribution in [0.3, 0.4) is 0 Å². The number of aromatic amines is 1. The molecule has 0 bridgehead atoms. The first-order chi connectivity index (χ1) is 15.9. The molecule has 2 heterocycles. The molecule has 2 aromatic rings. The van der Waals surface area contributed by atoms with E-state index in [1.807, 2.05) is 6.07 Å². The first-order valence-corrected chi connectivity index (χ1v) is 11.7. The fourth-order valence-electron chi connectivity index (χ4n) is 4.44. The Morgan fingerprint density at radius 1 is 1.21 bits per heavy atom. The van der Waals surface area contributed by atoms with Gasteiger partial charge in [-0.15, -0.1) is 0 Å². The third-order valence-electron chi connectivity index (χ3n) is 6.51. The highest BCUT2D eigenvalue weighted by Crippen LogP contribution is 2.37. The Labute approximate surface area is 196 Å². The Morgan fingerprint density at radius 3 is 2.64 bits per heavy atom. The number of fused-ring (bicyclic) bond motifs is 1. The number of hydrogen-bond acceptors (Lipinski definition) is 5. The molecule has 1 aromatic carbocycles. The summed E-state index contributed by atoms with van der Waals surface area (Å²) in [5, 5.41) is 6.81. The van der Waals surface area contributed by atoms with Crippen LogP contribution in [0.5, 0.6) is 0 Å². The number of rotatable bonds is 10. The lowest BCUT2D eigenvalue weighted by Crippen LogP contribution is -2.46. The minimum Gasteiger partial charge on any atom is -0.467 e. The van der Waals surface area contributed by atoms with Crippen molar-refractivity contribution in [2.45, 2.75) is 44.6 Å². The number of aromatic nitrogens is 1. The van der Waals surface area contributed by atoms with Crippen LogP contribution in [0.15, 0.2) is 24.3 Å². The molecule has 2 fully saturated rings. The van der Waals surface area contributed by atoms with Crippen molar-refractivity contribution in [1.82, 2.24) is 15.6 Å². The van der Waals surface area contributed by atoms with Crippen molar-refractivity contribution in [3.8, 4) is 0 Å². The number of hydrogen-bond donors (Lipinski definition) is 3. The summed E-state index contributed by atoms with van der Waals surface area (Å²) in [5.74, 6) is -1.79. The highest BCUT2D eigenvalue weighted by atomic mass is 35.5. The van der Waals surface area contributed by atoms with Gasteiger partial charge in [0, 0.05) is 40.7 Å². The molecule has 2 amide bonds. The van der Waals surface area contributed by atoms with Crippen molar-refractivity contribution in [3.63, 3.8) is 0 Å². The molecule has 1 saturated carbocycles. The standard InChI is InChI=1S/C24H28ClN3O5/c1-33-24(32)20(10-14-7-8-26-22(14)30)28-23(31)15(9-13-5-6-13)11-21(29)19-12-16-17(25)3-2-4-18(16)27-19/h2-4,12-15,20,27H,5-11H2,1H3,(H,26,30)(H,28,31)/t14-,15+,20-/m0/s1. The number of nitrogens with one attached hydrogen (secondary N) is 3. The molecule has 4 rings (SSSR count). The molecule has 0 unspecified atom stereocenters. The highest BCUT2D eigenvalue weighted by Gasteiger charge is 2.36. The van der Waals surface area contributed by atoms with Gasteiger partial charge in [0.1, 0.15) is 6.04 Å². The maximum absolute atomic E-state index is 13.2. The number of halogens is 1. The number of carbonyl (C=O) groups is 4. The monoisotopic (exact) mass is 473 g/mol. The van der Waals surface area contributed by atoms with Crippen molar-refractivity contribution in [3.05, 3.63) is 35.0 Å². The van der Waals surface area contributed by atoms with Crippen LogP contribution in [-0.2, 0) is 19.1 Å². The van der Waals surface area contributed by atoms with Gasteiger partial charge in [0.15, 0.2) is 5.78 Å². The van der Waals surface area contributed by atoms with E-state index in [2.05, 4.69) is 15.6 Å². The fraction of sp³-hybridized carbons (Fsp3) is 0.500. The number of ether oxygens (including phenoxy) is 1. The van der Waals surface area contributed by atoms with Gasteiger partial charge in [-0.2, -0.15) is 0 Å². The van der Waals surface area contributed by atoms with Gasteiger partial charge >= 0.3 is 5.97 Å². The average molecular weight is 474 g/mol. The second-order valence-electron chi connectivity index (χ2n) is 8.98. The lowest BCUT2D eigenvalue weighted by Gasteiger charge is -2.22. The number of benzene rings is 1. The summed E-state index contributed by atoms with van der Waals surface area (Å²) in [6.07, 6.45) is 3.44. The summed E-state index contributed by atoms with van der Waals surface area (Å²) >= 11 is 6.22. The molecule has 33 heavy (non-hydrogen) atoms. The van der Waals surface area contributed by atoms with Crippen molar-refractivity contribution in [1.29, 1.82) is 0 Å². The molecular formula is C24H28ClN3O5. The van der Waals surface area contributed by atoms with Crippen LogP contribution in [-0.4, -0.2) is 48.2 Å².